The van der Waals surface area contributed by atoms with E-state index in [0.29, 0.717) is 6.54 Å². The number of piperidine rings is 1. The Bertz CT molecular complexity index is 161. The highest BCUT2D eigenvalue weighted by Gasteiger charge is 2.25. The molecule has 1 rings (SSSR count). The van der Waals surface area contributed by atoms with Gasteiger partial charge in [0.25, 0.3) is 0 Å². The fourth-order valence-electron chi connectivity index (χ4n) is 1.53. The molecule has 0 saturated carbocycles. The molecule has 1 aliphatic rings. The molecule has 1 saturated heterocycles. The van der Waals surface area contributed by atoms with Crippen LogP contribution < -0.4 is 11.1 Å². The van der Waals surface area contributed by atoms with E-state index in [-0.39, 0.29) is 18.1 Å². The summed E-state index contributed by atoms with van der Waals surface area (Å²) in [6.45, 7) is 0.591. The monoisotopic (exact) mass is 172 g/mol. The summed E-state index contributed by atoms with van der Waals surface area (Å²) in [6.07, 6.45) is 2.97. The largest absolute Gasteiger partial charge is 0.468 e. The topological polar surface area (TPSA) is 64.3 Å². The van der Waals surface area contributed by atoms with Crippen LogP contribution in [-0.4, -0.2) is 31.7 Å². The first kappa shape index (κ1) is 9.48. The summed E-state index contributed by atoms with van der Waals surface area (Å²) in [4.78, 5) is 11.1. The molecule has 1 aliphatic heterocycles. The highest BCUT2D eigenvalue weighted by Crippen LogP contribution is 2.12. The first-order chi connectivity index (χ1) is 5.77. The average Bonchev–Trinajstić information content (AvgIpc) is 2.17. The van der Waals surface area contributed by atoms with Crippen molar-refractivity contribution in [2.45, 2.75) is 31.3 Å². The molecule has 70 valence electrons. The standard InChI is InChI=1S/C8H16N2O2/c1-12-8(11)7-4-2-3-6(5-9)10-7/h6-7,10H,2-5,9H2,1H3/t6-,7+/m1/s1. The Hall–Kier alpha value is -0.610. The molecule has 4 nitrogen and oxygen atoms in total. The van der Waals surface area contributed by atoms with Gasteiger partial charge in [0.15, 0.2) is 0 Å². The first-order valence-electron chi connectivity index (χ1n) is 4.32. The molecule has 0 bridgehead atoms. The van der Waals surface area contributed by atoms with Crippen LogP contribution >= 0.6 is 0 Å². The van der Waals surface area contributed by atoms with Crippen molar-refractivity contribution in [3.8, 4) is 0 Å². The lowest BCUT2D eigenvalue weighted by atomic mass is 9.99. The van der Waals surface area contributed by atoms with Crippen LogP contribution in [-0.2, 0) is 9.53 Å². The predicted molar refractivity (Wildman–Crippen MR) is 45.6 cm³/mol. The van der Waals surface area contributed by atoms with E-state index < -0.39 is 0 Å². The molecule has 0 unspecified atom stereocenters. The minimum Gasteiger partial charge on any atom is -0.468 e. The Labute approximate surface area is 72.5 Å². The third kappa shape index (κ3) is 2.19. The smallest absolute Gasteiger partial charge is 0.322 e. The summed E-state index contributed by atoms with van der Waals surface area (Å²) in [5, 5.41) is 3.15. The Morgan fingerprint density at radius 1 is 1.67 bits per heavy atom. The van der Waals surface area contributed by atoms with Crippen molar-refractivity contribution in [2.75, 3.05) is 13.7 Å². The lowest BCUT2D eigenvalue weighted by molar-refractivity contribution is -0.144. The molecule has 0 aromatic carbocycles. The van der Waals surface area contributed by atoms with Crippen LogP contribution in [0.25, 0.3) is 0 Å². The van der Waals surface area contributed by atoms with Crippen molar-refractivity contribution in [3.05, 3.63) is 0 Å². The van der Waals surface area contributed by atoms with Gasteiger partial charge in [-0.15, -0.1) is 0 Å². The number of hydrogen-bond donors (Lipinski definition) is 2. The lowest BCUT2D eigenvalue weighted by Gasteiger charge is -2.28. The SMILES string of the molecule is COC(=O)[C@@H]1CCC[C@H](CN)N1. The van der Waals surface area contributed by atoms with Gasteiger partial charge in [0, 0.05) is 12.6 Å². The fourth-order valence-corrected chi connectivity index (χ4v) is 1.53. The third-order valence-electron chi connectivity index (χ3n) is 2.25. The maximum absolute atomic E-state index is 11.1. The molecule has 4 heteroatoms. The van der Waals surface area contributed by atoms with Crippen LogP contribution in [0.5, 0.6) is 0 Å². The van der Waals surface area contributed by atoms with E-state index in [0.717, 1.165) is 19.3 Å². The van der Waals surface area contributed by atoms with Gasteiger partial charge in [0.1, 0.15) is 6.04 Å². The van der Waals surface area contributed by atoms with Gasteiger partial charge in [-0.1, -0.05) is 0 Å². The van der Waals surface area contributed by atoms with Gasteiger partial charge >= 0.3 is 5.97 Å². The molecule has 1 heterocycles. The Morgan fingerprint density at radius 2 is 2.42 bits per heavy atom. The number of esters is 1. The number of hydrogen-bond acceptors (Lipinski definition) is 4. The first-order valence-corrected chi connectivity index (χ1v) is 4.32. The van der Waals surface area contributed by atoms with Crippen molar-refractivity contribution >= 4 is 5.97 Å². The normalized spacial score (nSPS) is 29.8. The number of rotatable bonds is 2. The minimum atomic E-state index is -0.173. The average molecular weight is 172 g/mol. The van der Waals surface area contributed by atoms with Gasteiger partial charge in [-0.3, -0.25) is 4.79 Å². The van der Waals surface area contributed by atoms with Crippen LogP contribution in [0.3, 0.4) is 0 Å². The van der Waals surface area contributed by atoms with Crippen molar-refractivity contribution in [1.29, 1.82) is 0 Å². The number of carbonyl (C=O) groups is 1. The Balaban J connectivity index is 2.40. The van der Waals surface area contributed by atoms with Crippen LogP contribution in [0.1, 0.15) is 19.3 Å². The van der Waals surface area contributed by atoms with Crippen molar-refractivity contribution in [1.82, 2.24) is 5.32 Å². The molecule has 0 aromatic rings. The molecule has 0 amide bonds. The summed E-state index contributed by atoms with van der Waals surface area (Å²) in [7, 11) is 1.41. The molecule has 1 fully saturated rings. The van der Waals surface area contributed by atoms with Gasteiger partial charge in [-0.05, 0) is 19.3 Å². The number of carbonyl (C=O) groups excluding carboxylic acids is 1. The zero-order valence-corrected chi connectivity index (χ0v) is 7.38. The van der Waals surface area contributed by atoms with Crippen LogP contribution in [0, 0.1) is 0 Å². The second kappa shape index (κ2) is 4.42. The molecule has 0 spiro atoms. The molecule has 3 N–H and O–H groups in total. The molecule has 2 atom stereocenters. The predicted octanol–water partition coefficient (Wildman–Crippen LogP) is -0.371. The van der Waals surface area contributed by atoms with Gasteiger partial charge < -0.3 is 15.8 Å². The maximum atomic E-state index is 11.1. The number of methoxy groups -OCH3 is 1. The number of nitrogens with one attached hydrogen (secondary N) is 1. The molecular weight excluding hydrogens is 156 g/mol. The summed E-state index contributed by atoms with van der Waals surface area (Å²) in [5.41, 5.74) is 5.49. The highest BCUT2D eigenvalue weighted by molar-refractivity contribution is 5.75. The van der Waals surface area contributed by atoms with E-state index in [1.54, 1.807) is 0 Å². The molecule has 0 aliphatic carbocycles. The fraction of sp³-hybridized carbons (Fsp3) is 0.875. The Morgan fingerprint density at radius 3 is 3.00 bits per heavy atom. The molecule has 12 heavy (non-hydrogen) atoms. The highest BCUT2D eigenvalue weighted by atomic mass is 16.5. The molecule has 0 radical (unpaired) electrons. The van der Waals surface area contributed by atoms with E-state index in [9.17, 15) is 4.79 Å². The molecular formula is C8H16N2O2. The minimum absolute atomic E-state index is 0.141. The van der Waals surface area contributed by atoms with Gasteiger partial charge in [-0.2, -0.15) is 0 Å². The van der Waals surface area contributed by atoms with E-state index in [1.165, 1.54) is 7.11 Å². The summed E-state index contributed by atoms with van der Waals surface area (Å²) >= 11 is 0. The summed E-state index contributed by atoms with van der Waals surface area (Å²) < 4.78 is 4.64. The molecule has 0 aromatic heterocycles. The van der Waals surface area contributed by atoms with Crippen molar-refractivity contribution in [3.63, 3.8) is 0 Å². The van der Waals surface area contributed by atoms with Gasteiger partial charge in [0.2, 0.25) is 0 Å². The summed E-state index contributed by atoms with van der Waals surface area (Å²) in [6, 6.07) is 0.139. The van der Waals surface area contributed by atoms with E-state index in [1.807, 2.05) is 0 Å². The third-order valence-corrected chi connectivity index (χ3v) is 2.25. The quantitative estimate of drug-likeness (QED) is 0.558. The van der Waals surface area contributed by atoms with E-state index in [4.69, 9.17) is 5.73 Å². The maximum Gasteiger partial charge on any atom is 0.322 e. The number of nitrogens with two attached hydrogens (primary N) is 1. The van der Waals surface area contributed by atoms with E-state index >= 15 is 0 Å². The zero-order valence-electron chi connectivity index (χ0n) is 7.38. The van der Waals surface area contributed by atoms with Crippen LogP contribution in [0.4, 0.5) is 0 Å². The van der Waals surface area contributed by atoms with Gasteiger partial charge in [0.05, 0.1) is 7.11 Å². The second-order valence-corrected chi connectivity index (χ2v) is 3.11. The lowest BCUT2D eigenvalue weighted by Crippen LogP contribution is -2.50. The van der Waals surface area contributed by atoms with Crippen LogP contribution in [0.2, 0.25) is 0 Å². The van der Waals surface area contributed by atoms with Gasteiger partial charge in [-0.25, -0.2) is 0 Å². The van der Waals surface area contributed by atoms with Crippen LogP contribution in [0.15, 0.2) is 0 Å². The number of ether oxygens (including phenoxy) is 1. The van der Waals surface area contributed by atoms with Crippen molar-refractivity contribution in [2.24, 2.45) is 5.73 Å². The Kier molecular flexibility index (Phi) is 3.49. The van der Waals surface area contributed by atoms with Crippen molar-refractivity contribution < 1.29 is 9.53 Å². The summed E-state index contributed by atoms with van der Waals surface area (Å²) in [5.74, 6) is -0.173. The zero-order chi connectivity index (χ0) is 8.97. The van der Waals surface area contributed by atoms with E-state index in [2.05, 4.69) is 10.1 Å². The second-order valence-electron chi connectivity index (χ2n) is 3.11.